The molecule has 0 bridgehead atoms. The average molecular weight is 391 g/mol. The second kappa shape index (κ2) is 8.00. The number of rotatable bonds is 5. The van der Waals surface area contributed by atoms with E-state index in [0.29, 0.717) is 5.56 Å². The molecule has 0 aliphatic rings. The monoisotopic (exact) mass is 390 g/mol. The maximum Gasteiger partial charge on any atom is 0.253 e. The maximum atomic E-state index is 12.7. The van der Waals surface area contributed by atoms with E-state index in [-0.39, 0.29) is 22.1 Å². The molecule has 25 heavy (non-hydrogen) atoms. The molecular weight excluding hydrogens is 375 g/mol. The summed E-state index contributed by atoms with van der Waals surface area (Å²) in [6.45, 7) is 2.12. The number of carbonyl (C=O) groups is 1. The Kier molecular flexibility index (Phi) is 5.74. The molecule has 0 saturated heterocycles. The molecule has 0 saturated carbocycles. The van der Waals surface area contributed by atoms with Crippen LogP contribution in [0, 0.1) is 0 Å². The van der Waals surface area contributed by atoms with Crippen molar-refractivity contribution in [3.63, 3.8) is 0 Å². The van der Waals surface area contributed by atoms with E-state index in [2.05, 4.69) is 41.5 Å². The Bertz CT molecular complexity index is 864. The number of pyridine rings is 1. The van der Waals surface area contributed by atoms with Crippen LogP contribution < -0.4 is 5.32 Å². The molecule has 3 rings (SSSR count). The molecule has 1 amide bonds. The third-order valence-corrected chi connectivity index (χ3v) is 5.51. The largest absolute Gasteiger partial charge is 0.340 e. The molecule has 0 unspecified atom stereocenters. The smallest absolute Gasteiger partial charge is 0.253 e. The van der Waals surface area contributed by atoms with Crippen LogP contribution in [0.3, 0.4) is 0 Å². The van der Waals surface area contributed by atoms with E-state index in [9.17, 15) is 4.79 Å². The van der Waals surface area contributed by atoms with Crippen molar-refractivity contribution in [1.82, 2.24) is 10.3 Å². The summed E-state index contributed by atoms with van der Waals surface area (Å²) in [5.74, 6) is -0.246. The fraction of sp³-hybridized carbons (Fsp3) is 0.158. The first-order chi connectivity index (χ1) is 12.1. The van der Waals surface area contributed by atoms with Crippen LogP contribution in [0.15, 0.2) is 54.0 Å². The first-order valence-corrected chi connectivity index (χ1v) is 9.46. The van der Waals surface area contributed by atoms with Crippen LogP contribution >= 0.6 is 34.5 Å². The van der Waals surface area contributed by atoms with Gasteiger partial charge in [-0.05, 0) is 35.1 Å². The molecule has 1 atom stereocenters. The predicted octanol–water partition coefficient (Wildman–Crippen LogP) is 5.53. The number of amides is 1. The van der Waals surface area contributed by atoms with Gasteiger partial charge in [-0.25, -0.2) is 4.98 Å². The van der Waals surface area contributed by atoms with Gasteiger partial charge in [0.1, 0.15) is 5.15 Å². The molecule has 1 aromatic carbocycles. The van der Waals surface area contributed by atoms with Gasteiger partial charge in [0.2, 0.25) is 0 Å². The van der Waals surface area contributed by atoms with Crippen LogP contribution in [-0.4, -0.2) is 10.9 Å². The highest BCUT2D eigenvalue weighted by molar-refractivity contribution is 7.10. The van der Waals surface area contributed by atoms with Crippen molar-refractivity contribution in [2.75, 3.05) is 0 Å². The van der Waals surface area contributed by atoms with Gasteiger partial charge in [-0.1, -0.05) is 60.5 Å². The molecule has 3 aromatic rings. The van der Waals surface area contributed by atoms with Crippen LogP contribution in [0.25, 0.3) is 0 Å². The molecule has 2 heterocycles. The molecule has 3 nitrogen and oxygen atoms in total. The predicted molar refractivity (Wildman–Crippen MR) is 104 cm³/mol. The van der Waals surface area contributed by atoms with Crippen LogP contribution in [0.4, 0.5) is 0 Å². The third kappa shape index (κ3) is 4.21. The number of nitrogens with one attached hydrogen (secondary N) is 1. The lowest BCUT2D eigenvalue weighted by molar-refractivity contribution is 0.0943. The summed E-state index contributed by atoms with van der Waals surface area (Å²) in [6.07, 6.45) is 2.40. The van der Waals surface area contributed by atoms with Crippen molar-refractivity contribution in [3.8, 4) is 0 Å². The molecule has 1 N–H and O–H groups in total. The standard InChI is InChI=1S/C19H16Cl2N2OS/c1-2-12-5-7-13(8-6-12)17(16-4-3-9-25-16)23-19(24)14-10-15(20)18(21)22-11-14/h3-11,17H,2H2,1H3,(H,23,24)/t17-/m0/s1. The molecule has 6 heteroatoms. The molecular formula is C19H16Cl2N2OS. The van der Waals surface area contributed by atoms with Gasteiger partial charge in [0, 0.05) is 11.1 Å². The number of aromatic nitrogens is 1. The minimum Gasteiger partial charge on any atom is -0.340 e. The molecule has 0 fully saturated rings. The summed E-state index contributed by atoms with van der Waals surface area (Å²) in [5, 5.41) is 5.50. The molecule has 0 spiro atoms. The lowest BCUT2D eigenvalue weighted by Gasteiger charge is -2.18. The minimum absolute atomic E-state index is 0.183. The number of nitrogens with zero attached hydrogens (tertiary/aromatic N) is 1. The Morgan fingerprint density at radius 3 is 2.60 bits per heavy atom. The summed E-state index contributed by atoms with van der Waals surface area (Å²) in [7, 11) is 0. The Balaban J connectivity index is 1.89. The van der Waals surface area contributed by atoms with Gasteiger partial charge in [-0.2, -0.15) is 0 Å². The summed E-state index contributed by atoms with van der Waals surface area (Å²) >= 11 is 13.4. The molecule has 128 valence electrons. The Hall–Kier alpha value is -1.88. The Labute approximate surface area is 160 Å². The highest BCUT2D eigenvalue weighted by Crippen LogP contribution is 2.27. The van der Waals surface area contributed by atoms with Crippen LogP contribution in [0.1, 0.15) is 39.3 Å². The highest BCUT2D eigenvalue weighted by atomic mass is 35.5. The summed E-state index contributed by atoms with van der Waals surface area (Å²) < 4.78 is 0. The third-order valence-electron chi connectivity index (χ3n) is 3.88. The van der Waals surface area contributed by atoms with Crippen LogP contribution in [0.2, 0.25) is 10.2 Å². The van der Waals surface area contributed by atoms with E-state index in [1.165, 1.54) is 17.8 Å². The minimum atomic E-state index is -0.246. The van der Waals surface area contributed by atoms with E-state index >= 15 is 0 Å². The fourth-order valence-corrected chi connectivity index (χ4v) is 3.55. The summed E-state index contributed by atoms with van der Waals surface area (Å²) in [6, 6.07) is 13.6. The zero-order valence-electron chi connectivity index (χ0n) is 13.5. The first kappa shape index (κ1) is 17.9. The number of hydrogen-bond acceptors (Lipinski definition) is 3. The lowest BCUT2D eigenvalue weighted by Crippen LogP contribution is -2.29. The second-order valence-corrected chi connectivity index (χ2v) is 7.26. The molecule has 0 aliphatic heterocycles. The van der Waals surface area contributed by atoms with E-state index < -0.39 is 0 Å². The van der Waals surface area contributed by atoms with E-state index in [4.69, 9.17) is 23.2 Å². The van der Waals surface area contributed by atoms with Gasteiger partial charge in [-0.15, -0.1) is 11.3 Å². The number of hydrogen-bond donors (Lipinski definition) is 1. The van der Waals surface area contributed by atoms with Crippen molar-refractivity contribution < 1.29 is 4.79 Å². The zero-order chi connectivity index (χ0) is 17.8. The summed E-state index contributed by atoms with van der Waals surface area (Å²) in [4.78, 5) is 17.7. The SMILES string of the molecule is CCc1ccc([C@H](NC(=O)c2cnc(Cl)c(Cl)c2)c2cccs2)cc1. The Morgan fingerprint density at radius 1 is 1.24 bits per heavy atom. The van der Waals surface area contributed by atoms with Gasteiger partial charge in [-0.3, -0.25) is 4.79 Å². The second-order valence-electron chi connectivity index (χ2n) is 5.51. The van der Waals surface area contributed by atoms with Crippen molar-refractivity contribution in [2.24, 2.45) is 0 Å². The molecule has 2 aromatic heterocycles. The van der Waals surface area contributed by atoms with E-state index in [1.807, 2.05) is 17.5 Å². The quantitative estimate of drug-likeness (QED) is 0.581. The van der Waals surface area contributed by atoms with Gasteiger partial charge in [0.25, 0.3) is 5.91 Å². The zero-order valence-corrected chi connectivity index (χ0v) is 15.8. The summed E-state index contributed by atoms with van der Waals surface area (Å²) in [5.41, 5.74) is 2.66. The lowest BCUT2D eigenvalue weighted by atomic mass is 10.0. The van der Waals surface area contributed by atoms with Gasteiger partial charge >= 0.3 is 0 Å². The highest BCUT2D eigenvalue weighted by Gasteiger charge is 2.19. The van der Waals surface area contributed by atoms with E-state index in [0.717, 1.165) is 16.9 Å². The molecule has 0 radical (unpaired) electrons. The normalized spacial score (nSPS) is 12.0. The van der Waals surface area contributed by atoms with Crippen LogP contribution in [-0.2, 0) is 6.42 Å². The number of aryl methyl sites for hydroxylation is 1. The number of benzene rings is 1. The van der Waals surface area contributed by atoms with Gasteiger partial charge in [0.15, 0.2) is 0 Å². The number of thiophene rings is 1. The van der Waals surface area contributed by atoms with Crippen molar-refractivity contribution in [3.05, 3.63) is 85.8 Å². The van der Waals surface area contributed by atoms with E-state index in [1.54, 1.807) is 11.3 Å². The fourth-order valence-electron chi connectivity index (χ4n) is 2.48. The number of carbonyl (C=O) groups excluding carboxylic acids is 1. The van der Waals surface area contributed by atoms with Crippen molar-refractivity contribution in [1.29, 1.82) is 0 Å². The van der Waals surface area contributed by atoms with Gasteiger partial charge < -0.3 is 5.32 Å². The van der Waals surface area contributed by atoms with Crippen molar-refractivity contribution >= 4 is 40.4 Å². The van der Waals surface area contributed by atoms with Crippen molar-refractivity contribution in [2.45, 2.75) is 19.4 Å². The topological polar surface area (TPSA) is 42.0 Å². The van der Waals surface area contributed by atoms with Crippen LogP contribution in [0.5, 0.6) is 0 Å². The average Bonchev–Trinajstić information content (AvgIpc) is 3.16. The maximum absolute atomic E-state index is 12.7. The van der Waals surface area contributed by atoms with Gasteiger partial charge in [0.05, 0.1) is 16.6 Å². The number of halogens is 2. The molecule has 0 aliphatic carbocycles. The first-order valence-electron chi connectivity index (χ1n) is 7.82. The Morgan fingerprint density at radius 2 is 2.00 bits per heavy atom.